The SMILES string of the molecule is CC(C)c1c2c(n(C)c1C(=O)O)CCC2. The number of carbonyl (C=O) groups is 1. The highest BCUT2D eigenvalue weighted by Gasteiger charge is 2.28. The van der Waals surface area contributed by atoms with E-state index >= 15 is 0 Å². The topological polar surface area (TPSA) is 42.2 Å². The Bertz CT molecular complexity index is 416. The number of carboxylic acids is 1. The first-order valence-electron chi connectivity index (χ1n) is 5.47. The molecule has 0 bridgehead atoms. The second-order valence-corrected chi connectivity index (χ2v) is 4.56. The molecule has 1 aromatic rings. The van der Waals surface area contributed by atoms with Crippen molar-refractivity contribution < 1.29 is 9.90 Å². The average Bonchev–Trinajstić information content (AvgIpc) is 2.66. The summed E-state index contributed by atoms with van der Waals surface area (Å²) >= 11 is 0. The molecule has 0 unspecified atom stereocenters. The van der Waals surface area contributed by atoms with Crippen molar-refractivity contribution in [2.45, 2.75) is 39.0 Å². The highest BCUT2D eigenvalue weighted by molar-refractivity contribution is 5.89. The lowest BCUT2D eigenvalue weighted by Crippen LogP contribution is -2.10. The van der Waals surface area contributed by atoms with Crippen LogP contribution >= 0.6 is 0 Å². The van der Waals surface area contributed by atoms with Gasteiger partial charge < -0.3 is 9.67 Å². The first-order chi connectivity index (χ1) is 7.04. The molecule has 1 N–H and O–H groups in total. The van der Waals surface area contributed by atoms with E-state index in [9.17, 15) is 9.90 Å². The van der Waals surface area contributed by atoms with Crippen molar-refractivity contribution in [2.75, 3.05) is 0 Å². The molecule has 0 spiro atoms. The fourth-order valence-electron chi connectivity index (χ4n) is 2.73. The summed E-state index contributed by atoms with van der Waals surface area (Å²) in [5.41, 5.74) is 4.08. The summed E-state index contributed by atoms with van der Waals surface area (Å²) in [6.07, 6.45) is 3.24. The summed E-state index contributed by atoms with van der Waals surface area (Å²) in [6.45, 7) is 4.14. The van der Waals surface area contributed by atoms with Crippen LogP contribution in [0.15, 0.2) is 0 Å². The minimum absolute atomic E-state index is 0.296. The second kappa shape index (κ2) is 3.40. The van der Waals surface area contributed by atoms with Crippen molar-refractivity contribution in [3.63, 3.8) is 0 Å². The van der Waals surface area contributed by atoms with E-state index in [1.165, 1.54) is 11.3 Å². The molecule has 0 fully saturated rings. The van der Waals surface area contributed by atoms with Crippen molar-refractivity contribution >= 4 is 5.97 Å². The summed E-state index contributed by atoms with van der Waals surface area (Å²) in [5.74, 6) is -0.500. The molecule has 1 aliphatic rings. The molecule has 3 nitrogen and oxygen atoms in total. The molecule has 0 aliphatic heterocycles. The molecule has 1 aliphatic carbocycles. The summed E-state index contributed by atoms with van der Waals surface area (Å²) in [4.78, 5) is 11.2. The van der Waals surface area contributed by atoms with Gasteiger partial charge in [-0.3, -0.25) is 0 Å². The summed E-state index contributed by atoms with van der Waals surface area (Å²) in [7, 11) is 1.87. The Kier molecular flexibility index (Phi) is 2.33. The van der Waals surface area contributed by atoms with E-state index in [1.54, 1.807) is 0 Å². The van der Waals surface area contributed by atoms with Crippen molar-refractivity contribution in [2.24, 2.45) is 7.05 Å². The molecule has 0 atom stereocenters. The highest BCUT2D eigenvalue weighted by atomic mass is 16.4. The van der Waals surface area contributed by atoms with Gasteiger partial charge in [0.2, 0.25) is 0 Å². The Labute approximate surface area is 89.7 Å². The number of hydrogen-bond donors (Lipinski definition) is 1. The maximum absolute atomic E-state index is 11.2. The molecule has 0 saturated heterocycles. The van der Waals surface area contributed by atoms with Gasteiger partial charge in [-0.05, 0) is 36.3 Å². The van der Waals surface area contributed by atoms with Gasteiger partial charge >= 0.3 is 5.97 Å². The van der Waals surface area contributed by atoms with Crippen LogP contribution in [0.2, 0.25) is 0 Å². The minimum atomic E-state index is -0.796. The summed E-state index contributed by atoms with van der Waals surface area (Å²) < 4.78 is 1.88. The molecular weight excluding hydrogens is 190 g/mol. The van der Waals surface area contributed by atoms with Gasteiger partial charge in [0.15, 0.2) is 0 Å². The largest absolute Gasteiger partial charge is 0.477 e. The van der Waals surface area contributed by atoms with Gasteiger partial charge in [0.25, 0.3) is 0 Å². The van der Waals surface area contributed by atoms with Crippen LogP contribution in [-0.4, -0.2) is 15.6 Å². The zero-order chi connectivity index (χ0) is 11.2. The molecule has 0 amide bonds. The zero-order valence-electron chi connectivity index (χ0n) is 9.50. The van der Waals surface area contributed by atoms with E-state index in [4.69, 9.17) is 0 Å². The molecular formula is C12H17NO2. The van der Waals surface area contributed by atoms with Crippen molar-refractivity contribution in [3.05, 3.63) is 22.5 Å². The van der Waals surface area contributed by atoms with E-state index in [-0.39, 0.29) is 0 Å². The third-order valence-corrected chi connectivity index (χ3v) is 3.29. The molecule has 15 heavy (non-hydrogen) atoms. The lowest BCUT2D eigenvalue weighted by atomic mass is 9.97. The van der Waals surface area contributed by atoms with Crippen LogP contribution in [0.3, 0.4) is 0 Å². The van der Waals surface area contributed by atoms with Crippen molar-refractivity contribution in [1.82, 2.24) is 4.57 Å². The number of nitrogens with zero attached hydrogens (tertiary/aromatic N) is 1. The smallest absolute Gasteiger partial charge is 0.352 e. The first-order valence-corrected chi connectivity index (χ1v) is 5.47. The van der Waals surface area contributed by atoms with Crippen LogP contribution in [0.25, 0.3) is 0 Å². The normalized spacial score (nSPS) is 14.7. The number of aromatic nitrogens is 1. The Balaban J connectivity index is 2.69. The van der Waals surface area contributed by atoms with E-state index in [0.29, 0.717) is 11.6 Å². The Morgan fingerprint density at radius 1 is 1.40 bits per heavy atom. The lowest BCUT2D eigenvalue weighted by Gasteiger charge is -2.08. The number of carboxylic acid groups (broad SMARTS) is 1. The van der Waals surface area contributed by atoms with Gasteiger partial charge in [0, 0.05) is 12.7 Å². The predicted molar refractivity (Wildman–Crippen MR) is 58.5 cm³/mol. The highest BCUT2D eigenvalue weighted by Crippen LogP contribution is 2.34. The van der Waals surface area contributed by atoms with Gasteiger partial charge in [-0.25, -0.2) is 4.79 Å². The van der Waals surface area contributed by atoms with Crippen LogP contribution in [-0.2, 0) is 19.9 Å². The Morgan fingerprint density at radius 3 is 2.60 bits per heavy atom. The Hall–Kier alpha value is -1.25. The zero-order valence-corrected chi connectivity index (χ0v) is 9.50. The molecule has 0 radical (unpaired) electrons. The molecule has 1 heterocycles. The molecule has 0 aromatic carbocycles. The van der Waals surface area contributed by atoms with E-state index in [0.717, 1.165) is 24.8 Å². The Morgan fingerprint density at radius 2 is 2.07 bits per heavy atom. The summed E-state index contributed by atoms with van der Waals surface area (Å²) in [6, 6.07) is 0. The molecule has 82 valence electrons. The molecule has 2 rings (SSSR count). The monoisotopic (exact) mass is 207 g/mol. The average molecular weight is 207 g/mol. The van der Waals surface area contributed by atoms with Gasteiger partial charge in [-0.1, -0.05) is 13.8 Å². The number of hydrogen-bond acceptors (Lipinski definition) is 1. The maximum Gasteiger partial charge on any atom is 0.352 e. The number of fused-ring (bicyclic) bond motifs is 1. The van der Waals surface area contributed by atoms with Gasteiger partial charge in [0.1, 0.15) is 5.69 Å². The van der Waals surface area contributed by atoms with Crippen molar-refractivity contribution in [3.8, 4) is 0 Å². The minimum Gasteiger partial charge on any atom is -0.477 e. The summed E-state index contributed by atoms with van der Waals surface area (Å²) in [5, 5.41) is 9.23. The van der Waals surface area contributed by atoms with Gasteiger partial charge in [-0.15, -0.1) is 0 Å². The van der Waals surface area contributed by atoms with Crippen LogP contribution < -0.4 is 0 Å². The van der Waals surface area contributed by atoms with Crippen LogP contribution in [0.1, 0.15) is 53.5 Å². The van der Waals surface area contributed by atoms with Crippen LogP contribution in [0.5, 0.6) is 0 Å². The fourth-order valence-corrected chi connectivity index (χ4v) is 2.73. The third kappa shape index (κ3) is 1.37. The van der Waals surface area contributed by atoms with E-state index < -0.39 is 5.97 Å². The fraction of sp³-hybridized carbons (Fsp3) is 0.583. The van der Waals surface area contributed by atoms with Crippen molar-refractivity contribution in [1.29, 1.82) is 0 Å². The molecule has 1 aromatic heterocycles. The predicted octanol–water partition coefficient (Wildman–Crippen LogP) is 2.34. The lowest BCUT2D eigenvalue weighted by molar-refractivity contribution is 0.0684. The van der Waals surface area contributed by atoms with E-state index in [2.05, 4.69) is 13.8 Å². The quantitative estimate of drug-likeness (QED) is 0.808. The first kappa shape index (κ1) is 10.3. The van der Waals surface area contributed by atoms with Gasteiger partial charge in [-0.2, -0.15) is 0 Å². The standard InChI is InChI=1S/C12H17NO2/c1-7(2)10-8-5-4-6-9(8)13(3)11(10)12(14)15/h7H,4-6H2,1-3H3,(H,14,15). The second-order valence-electron chi connectivity index (χ2n) is 4.56. The van der Waals surface area contributed by atoms with E-state index in [1.807, 2.05) is 11.6 Å². The third-order valence-electron chi connectivity index (χ3n) is 3.29. The molecule has 0 saturated carbocycles. The van der Waals surface area contributed by atoms with Crippen LogP contribution in [0, 0.1) is 0 Å². The van der Waals surface area contributed by atoms with Gasteiger partial charge in [0.05, 0.1) is 0 Å². The number of aromatic carboxylic acids is 1. The molecule has 3 heteroatoms. The van der Waals surface area contributed by atoms with Crippen LogP contribution in [0.4, 0.5) is 0 Å². The number of rotatable bonds is 2. The maximum atomic E-state index is 11.2.